The van der Waals surface area contributed by atoms with Gasteiger partial charge >= 0.3 is 0 Å². The predicted molar refractivity (Wildman–Crippen MR) is 263 cm³/mol. The first-order valence-electron chi connectivity index (χ1n) is 21.9. The molecule has 62 heavy (non-hydrogen) atoms. The van der Waals surface area contributed by atoms with Crippen LogP contribution in [-0.2, 0) is 11.8 Å². The zero-order valence-corrected chi connectivity index (χ0v) is 36.9. The minimum Gasteiger partial charge on any atom is -0.264 e. The van der Waals surface area contributed by atoms with Crippen LogP contribution in [0.3, 0.4) is 0 Å². The highest BCUT2D eigenvalue weighted by molar-refractivity contribution is 7.00. The van der Waals surface area contributed by atoms with Crippen LogP contribution in [-0.4, -0.2) is 18.0 Å². The summed E-state index contributed by atoms with van der Waals surface area (Å²) in [5.41, 5.74) is 18.2. The van der Waals surface area contributed by atoms with Crippen molar-refractivity contribution in [2.24, 2.45) is 5.92 Å². The lowest BCUT2D eigenvalue weighted by molar-refractivity contribution is 0.646. The molecule has 0 bridgehead atoms. The molecular weight excluding hydrogens is 765 g/mol. The van der Waals surface area contributed by atoms with Gasteiger partial charge < -0.3 is 0 Å². The van der Waals surface area contributed by atoms with Crippen molar-refractivity contribution in [3.63, 3.8) is 0 Å². The summed E-state index contributed by atoms with van der Waals surface area (Å²) < 4.78 is 0. The van der Waals surface area contributed by atoms with Crippen LogP contribution in [0.15, 0.2) is 213 Å². The van der Waals surface area contributed by atoms with Crippen molar-refractivity contribution in [1.82, 2.24) is 9.97 Å². The van der Waals surface area contributed by atoms with Gasteiger partial charge in [-0.25, -0.2) is 0 Å². The lowest BCUT2D eigenvalue weighted by atomic mass is 9.67. The second kappa shape index (κ2) is 16.2. The number of nitrogens with zero attached hydrogens (tertiary/aromatic N) is 2. The first kappa shape index (κ1) is 39.2. The Morgan fingerprint density at radius 1 is 0.419 bits per heavy atom. The van der Waals surface area contributed by atoms with Crippen molar-refractivity contribution in [1.29, 1.82) is 0 Å². The monoisotopic (exact) mass is 814 g/mol. The van der Waals surface area contributed by atoms with Crippen LogP contribution in [0.4, 0.5) is 0 Å². The van der Waals surface area contributed by atoms with E-state index >= 15 is 0 Å². The Morgan fingerprint density at radius 2 is 0.903 bits per heavy atom. The van der Waals surface area contributed by atoms with Gasteiger partial charge in [0.1, 0.15) is 8.07 Å². The van der Waals surface area contributed by atoms with Crippen LogP contribution in [0.25, 0.3) is 55.6 Å². The molecule has 2 heterocycles. The summed E-state index contributed by atoms with van der Waals surface area (Å²) in [4.78, 5) is 8.81. The van der Waals surface area contributed by atoms with Gasteiger partial charge in [-0.1, -0.05) is 189 Å². The lowest BCUT2D eigenvalue weighted by Gasteiger charge is -2.34. The third kappa shape index (κ3) is 7.03. The van der Waals surface area contributed by atoms with Crippen molar-refractivity contribution >= 4 is 18.4 Å². The quantitative estimate of drug-likeness (QED) is 0.129. The van der Waals surface area contributed by atoms with Crippen LogP contribution in [0.5, 0.6) is 0 Å². The Hall–Kier alpha value is -6.94. The van der Waals surface area contributed by atoms with Gasteiger partial charge in [0.05, 0.1) is 5.41 Å². The van der Waals surface area contributed by atoms with Crippen LogP contribution in [0.1, 0.15) is 41.7 Å². The second-order valence-corrected chi connectivity index (χ2v) is 22.2. The molecule has 10 rings (SSSR count). The topological polar surface area (TPSA) is 25.8 Å². The molecule has 3 heteroatoms. The SMILES string of the molecule is CC(C)Cc1ccc(C2(c3cccc(-c4ccc([Si](C)(C)c5ccc(-c6cc(-c7cccnc7)cc(-c7cccnc7)c6)cc5)cc4)c3)c3ccccc3-c3ccccc32)cc1. The first-order chi connectivity index (χ1) is 30.3. The molecule has 9 aromatic rings. The van der Waals surface area contributed by atoms with E-state index in [1.54, 1.807) is 0 Å². The average molecular weight is 815 g/mol. The molecule has 300 valence electrons. The third-order valence-corrected chi connectivity index (χ3v) is 16.6. The van der Waals surface area contributed by atoms with E-state index in [0.717, 1.165) is 28.7 Å². The fraction of sp³-hybridized carbons (Fsp3) is 0.119. The Labute approximate surface area is 367 Å². The van der Waals surface area contributed by atoms with Crippen LogP contribution < -0.4 is 10.4 Å². The van der Waals surface area contributed by atoms with Gasteiger partial charge in [-0.05, 0) is 121 Å². The van der Waals surface area contributed by atoms with Gasteiger partial charge in [0, 0.05) is 35.9 Å². The summed E-state index contributed by atoms with van der Waals surface area (Å²) in [6.07, 6.45) is 8.59. The zero-order valence-electron chi connectivity index (χ0n) is 35.9. The second-order valence-electron chi connectivity index (χ2n) is 17.8. The van der Waals surface area contributed by atoms with Gasteiger partial charge in [0.25, 0.3) is 0 Å². The highest BCUT2D eigenvalue weighted by Crippen LogP contribution is 2.56. The first-order valence-corrected chi connectivity index (χ1v) is 24.9. The van der Waals surface area contributed by atoms with E-state index < -0.39 is 13.5 Å². The van der Waals surface area contributed by atoms with Crippen molar-refractivity contribution in [3.05, 3.63) is 241 Å². The third-order valence-electron chi connectivity index (χ3n) is 13.1. The molecule has 0 unspecified atom stereocenters. The number of pyridine rings is 2. The van der Waals surface area contributed by atoms with E-state index in [1.165, 1.54) is 71.6 Å². The van der Waals surface area contributed by atoms with Crippen molar-refractivity contribution < 1.29 is 0 Å². The molecule has 0 radical (unpaired) electrons. The fourth-order valence-corrected chi connectivity index (χ4v) is 12.2. The summed E-state index contributed by atoms with van der Waals surface area (Å²) in [5.74, 6) is 0.610. The Kier molecular flexibility index (Phi) is 10.2. The number of hydrogen-bond donors (Lipinski definition) is 0. The van der Waals surface area contributed by atoms with Crippen molar-refractivity contribution in [2.75, 3.05) is 0 Å². The summed E-state index contributed by atoms with van der Waals surface area (Å²) >= 11 is 0. The van der Waals surface area contributed by atoms with Crippen molar-refractivity contribution in [3.8, 4) is 55.6 Å². The lowest BCUT2D eigenvalue weighted by Crippen LogP contribution is -2.52. The molecule has 0 aliphatic heterocycles. The smallest absolute Gasteiger partial charge is 0.112 e. The molecule has 0 saturated heterocycles. The Bertz CT molecular complexity index is 2900. The highest BCUT2D eigenvalue weighted by atomic mass is 28.3. The largest absolute Gasteiger partial charge is 0.264 e. The minimum absolute atomic E-state index is 0.430. The predicted octanol–water partition coefficient (Wildman–Crippen LogP) is 13.5. The van der Waals surface area contributed by atoms with Gasteiger partial charge in [-0.15, -0.1) is 0 Å². The zero-order chi connectivity index (χ0) is 42.3. The van der Waals surface area contributed by atoms with E-state index in [4.69, 9.17) is 0 Å². The number of fused-ring (bicyclic) bond motifs is 3. The summed E-state index contributed by atoms with van der Waals surface area (Å²) in [7, 11) is -2.03. The van der Waals surface area contributed by atoms with E-state index in [2.05, 4.69) is 213 Å². The molecule has 0 saturated carbocycles. The maximum absolute atomic E-state index is 4.41. The molecule has 7 aromatic carbocycles. The molecule has 0 amide bonds. The minimum atomic E-state index is -2.03. The Balaban J connectivity index is 0.979. The van der Waals surface area contributed by atoms with Gasteiger partial charge in [0.15, 0.2) is 0 Å². The van der Waals surface area contributed by atoms with Gasteiger partial charge in [-0.3, -0.25) is 9.97 Å². The van der Waals surface area contributed by atoms with Crippen LogP contribution >= 0.6 is 0 Å². The molecule has 0 spiro atoms. The maximum atomic E-state index is 4.41. The van der Waals surface area contributed by atoms with E-state index in [9.17, 15) is 0 Å². The van der Waals surface area contributed by atoms with Gasteiger partial charge in [0.2, 0.25) is 0 Å². The highest BCUT2D eigenvalue weighted by Gasteiger charge is 2.46. The van der Waals surface area contributed by atoms with E-state index in [-0.39, 0.29) is 0 Å². The molecule has 2 nitrogen and oxygen atoms in total. The summed E-state index contributed by atoms with van der Waals surface area (Å²) in [6, 6.07) is 70.6. The molecule has 2 aromatic heterocycles. The van der Waals surface area contributed by atoms with Crippen molar-refractivity contribution in [2.45, 2.75) is 38.8 Å². The van der Waals surface area contributed by atoms with Crippen LogP contribution in [0, 0.1) is 5.92 Å². The number of hydrogen-bond acceptors (Lipinski definition) is 2. The molecular formula is C59H50N2Si. The van der Waals surface area contributed by atoms with Crippen LogP contribution in [0.2, 0.25) is 13.1 Å². The Morgan fingerprint density at radius 3 is 1.40 bits per heavy atom. The number of benzene rings is 7. The molecule has 1 aliphatic rings. The number of aromatic nitrogens is 2. The van der Waals surface area contributed by atoms with Gasteiger partial charge in [-0.2, -0.15) is 0 Å². The molecule has 0 N–H and O–H groups in total. The molecule has 1 aliphatic carbocycles. The number of rotatable bonds is 10. The summed E-state index contributed by atoms with van der Waals surface area (Å²) in [6.45, 7) is 9.52. The molecule has 0 fully saturated rings. The normalized spacial score (nSPS) is 12.9. The fourth-order valence-electron chi connectivity index (χ4n) is 9.84. The average Bonchev–Trinajstić information content (AvgIpc) is 3.63. The molecule has 0 atom stereocenters. The van der Waals surface area contributed by atoms with E-state index in [1.807, 2.05) is 36.9 Å². The standard InChI is InChI=1S/C59H50N2Si/c1-41(2)34-42-20-26-51(27-21-42)59(57-18-7-5-16-55(57)56-17-6-8-19-58(56)59)52-15-9-12-45(38-52)43-22-28-53(29-23-43)62(3,4)54-30-24-44(25-31-54)48-35-49(46-13-10-32-60-39-46)37-50(36-48)47-14-11-33-61-40-47/h5-33,35-41H,34H2,1-4H3. The maximum Gasteiger partial charge on any atom is 0.112 e. The van der Waals surface area contributed by atoms with E-state index in [0.29, 0.717) is 5.92 Å². The summed E-state index contributed by atoms with van der Waals surface area (Å²) in [5, 5.41) is 2.83.